The number of halogens is 1. The molecule has 0 bridgehead atoms. The van der Waals surface area contributed by atoms with E-state index in [0.29, 0.717) is 6.54 Å². The molecule has 0 aromatic heterocycles. The molecule has 0 aliphatic rings. The molecule has 0 atom stereocenters. The molecule has 1 aromatic rings. The van der Waals surface area contributed by atoms with Crippen molar-refractivity contribution < 1.29 is 18.3 Å². The first kappa shape index (κ1) is 17.1. The minimum atomic E-state index is -3.77. The molecule has 1 rings (SSSR count). The van der Waals surface area contributed by atoms with E-state index in [4.69, 9.17) is 5.11 Å². The first-order chi connectivity index (χ1) is 9.49. The molecule has 112 valence electrons. The predicted molar refractivity (Wildman–Crippen MR) is 80.9 cm³/mol. The van der Waals surface area contributed by atoms with Gasteiger partial charge in [0.05, 0.1) is 10.5 Å². The van der Waals surface area contributed by atoms with Crippen LogP contribution in [0.3, 0.4) is 0 Å². The number of benzene rings is 1. The lowest BCUT2D eigenvalue weighted by Crippen LogP contribution is -2.26. The van der Waals surface area contributed by atoms with Gasteiger partial charge in [0.25, 0.3) is 0 Å². The van der Waals surface area contributed by atoms with Crippen molar-refractivity contribution in [2.24, 2.45) is 0 Å². The maximum atomic E-state index is 12.1. The molecule has 0 radical (unpaired) electrons. The maximum absolute atomic E-state index is 12.1. The fourth-order valence-electron chi connectivity index (χ4n) is 1.73. The van der Waals surface area contributed by atoms with Crippen LogP contribution in [0.25, 0.3) is 0 Å². The number of alkyl halides is 1. The summed E-state index contributed by atoms with van der Waals surface area (Å²) in [6.45, 7) is 0.318. The van der Waals surface area contributed by atoms with Crippen molar-refractivity contribution in [1.29, 1.82) is 0 Å². The summed E-state index contributed by atoms with van der Waals surface area (Å²) in [7, 11) is -3.77. The normalized spacial score (nSPS) is 11.4. The van der Waals surface area contributed by atoms with E-state index >= 15 is 0 Å². The summed E-state index contributed by atoms with van der Waals surface area (Å²) in [5, 5.41) is 9.95. The van der Waals surface area contributed by atoms with Gasteiger partial charge in [0.15, 0.2) is 0 Å². The molecule has 0 heterocycles. The molecule has 1 aromatic carbocycles. The molecule has 0 fully saturated rings. The van der Waals surface area contributed by atoms with Gasteiger partial charge < -0.3 is 5.11 Å². The quantitative estimate of drug-likeness (QED) is 0.521. The molecule has 0 aliphatic carbocycles. The summed E-state index contributed by atoms with van der Waals surface area (Å²) in [6, 6.07) is 5.60. The zero-order chi connectivity index (χ0) is 15.0. The second kappa shape index (κ2) is 8.39. The number of hydrogen-bond acceptors (Lipinski definition) is 3. The summed E-state index contributed by atoms with van der Waals surface area (Å²) in [5.74, 6) is -1.25. The van der Waals surface area contributed by atoms with Crippen molar-refractivity contribution in [2.45, 2.75) is 30.6 Å². The lowest BCUT2D eigenvalue weighted by Gasteiger charge is -2.09. The number of hydrogen-bond donors (Lipinski definition) is 2. The third kappa shape index (κ3) is 5.22. The number of unbranched alkanes of at least 4 members (excludes halogenated alkanes) is 3. The van der Waals surface area contributed by atoms with E-state index < -0.39 is 16.0 Å². The van der Waals surface area contributed by atoms with Crippen LogP contribution in [-0.2, 0) is 10.0 Å². The Hall–Kier alpha value is -0.920. The third-order valence-corrected chi connectivity index (χ3v) is 4.84. The second-order valence-corrected chi connectivity index (χ2v) is 6.83. The van der Waals surface area contributed by atoms with Crippen LogP contribution >= 0.6 is 15.9 Å². The summed E-state index contributed by atoms with van der Waals surface area (Å²) in [5.41, 5.74) is -0.209. The van der Waals surface area contributed by atoms with Gasteiger partial charge in [-0.05, 0) is 25.0 Å². The van der Waals surface area contributed by atoms with E-state index in [2.05, 4.69) is 20.7 Å². The summed E-state index contributed by atoms with van der Waals surface area (Å²) >= 11 is 3.34. The molecule has 0 aliphatic heterocycles. The summed E-state index contributed by atoms with van der Waals surface area (Å²) < 4.78 is 26.6. The van der Waals surface area contributed by atoms with Gasteiger partial charge in [0, 0.05) is 11.9 Å². The maximum Gasteiger partial charge on any atom is 0.337 e. The molecule has 0 saturated heterocycles. The van der Waals surface area contributed by atoms with Gasteiger partial charge in [0.1, 0.15) is 0 Å². The van der Waals surface area contributed by atoms with Crippen LogP contribution in [0.4, 0.5) is 0 Å². The van der Waals surface area contributed by atoms with Crippen LogP contribution in [-0.4, -0.2) is 31.4 Å². The van der Waals surface area contributed by atoms with Gasteiger partial charge in [-0.25, -0.2) is 17.9 Å². The smallest absolute Gasteiger partial charge is 0.337 e. The average Bonchev–Trinajstić information content (AvgIpc) is 2.42. The van der Waals surface area contributed by atoms with E-state index in [1.54, 1.807) is 0 Å². The van der Waals surface area contributed by atoms with Crippen LogP contribution in [0.1, 0.15) is 36.0 Å². The van der Waals surface area contributed by atoms with Crippen molar-refractivity contribution in [3.63, 3.8) is 0 Å². The van der Waals surface area contributed by atoms with Crippen molar-refractivity contribution >= 4 is 31.9 Å². The fraction of sp³-hybridized carbons (Fsp3) is 0.462. The Morgan fingerprint density at radius 3 is 2.45 bits per heavy atom. The highest BCUT2D eigenvalue weighted by atomic mass is 79.9. The molecule has 0 unspecified atom stereocenters. The third-order valence-electron chi connectivity index (χ3n) is 2.76. The lowest BCUT2D eigenvalue weighted by molar-refractivity contribution is 0.0692. The highest BCUT2D eigenvalue weighted by Gasteiger charge is 2.20. The Balaban J connectivity index is 2.63. The molecular formula is C13H18BrNO4S. The molecule has 0 spiro atoms. The van der Waals surface area contributed by atoms with Gasteiger partial charge in [-0.15, -0.1) is 0 Å². The number of nitrogens with one attached hydrogen (secondary N) is 1. The first-order valence-corrected chi connectivity index (χ1v) is 8.97. The number of carbonyl (C=O) groups is 1. The van der Waals surface area contributed by atoms with Crippen molar-refractivity contribution in [3.05, 3.63) is 29.8 Å². The number of aromatic carboxylic acids is 1. The zero-order valence-corrected chi connectivity index (χ0v) is 13.4. The van der Waals surface area contributed by atoms with Crippen LogP contribution in [0.5, 0.6) is 0 Å². The van der Waals surface area contributed by atoms with Gasteiger partial charge in [-0.3, -0.25) is 0 Å². The van der Waals surface area contributed by atoms with E-state index in [1.165, 1.54) is 24.3 Å². The van der Waals surface area contributed by atoms with E-state index in [0.717, 1.165) is 31.0 Å². The van der Waals surface area contributed by atoms with Crippen LogP contribution < -0.4 is 4.72 Å². The SMILES string of the molecule is O=C(O)c1ccccc1S(=O)(=O)NCCCCCCBr. The molecule has 5 nitrogen and oxygen atoms in total. The Labute approximate surface area is 127 Å². The van der Waals surface area contributed by atoms with Gasteiger partial charge in [-0.1, -0.05) is 40.9 Å². The molecule has 7 heteroatoms. The number of carboxylic acid groups (broad SMARTS) is 1. The van der Waals surface area contributed by atoms with Crippen molar-refractivity contribution in [2.75, 3.05) is 11.9 Å². The minimum Gasteiger partial charge on any atom is -0.478 e. The largest absolute Gasteiger partial charge is 0.478 e. The fourth-order valence-corrected chi connectivity index (χ4v) is 3.40. The minimum absolute atomic E-state index is 0.187. The highest BCUT2D eigenvalue weighted by Crippen LogP contribution is 2.15. The molecule has 0 amide bonds. The number of rotatable bonds is 9. The first-order valence-electron chi connectivity index (χ1n) is 6.37. The second-order valence-electron chi connectivity index (χ2n) is 4.30. The van der Waals surface area contributed by atoms with Gasteiger partial charge in [-0.2, -0.15) is 0 Å². The van der Waals surface area contributed by atoms with Gasteiger partial charge in [0.2, 0.25) is 10.0 Å². The van der Waals surface area contributed by atoms with Crippen LogP contribution in [0.2, 0.25) is 0 Å². The monoisotopic (exact) mass is 363 g/mol. The average molecular weight is 364 g/mol. The van der Waals surface area contributed by atoms with Crippen molar-refractivity contribution in [3.8, 4) is 0 Å². The van der Waals surface area contributed by atoms with Crippen LogP contribution in [0, 0.1) is 0 Å². The summed E-state index contributed by atoms with van der Waals surface area (Å²) in [4.78, 5) is 10.8. The van der Waals surface area contributed by atoms with Crippen molar-refractivity contribution in [1.82, 2.24) is 4.72 Å². The topological polar surface area (TPSA) is 83.5 Å². The van der Waals surface area contributed by atoms with Gasteiger partial charge >= 0.3 is 5.97 Å². The predicted octanol–water partition coefficient (Wildman–Crippen LogP) is 2.62. The molecular weight excluding hydrogens is 346 g/mol. The Morgan fingerprint density at radius 2 is 1.80 bits per heavy atom. The van der Waals surface area contributed by atoms with Crippen LogP contribution in [0.15, 0.2) is 29.2 Å². The summed E-state index contributed by atoms with van der Waals surface area (Å²) in [6.07, 6.45) is 3.78. The van der Waals surface area contributed by atoms with E-state index in [9.17, 15) is 13.2 Å². The molecule has 0 saturated carbocycles. The van der Waals surface area contributed by atoms with E-state index in [1.807, 2.05) is 0 Å². The Morgan fingerprint density at radius 1 is 1.15 bits per heavy atom. The highest BCUT2D eigenvalue weighted by molar-refractivity contribution is 9.09. The molecule has 2 N–H and O–H groups in total. The van der Waals surface area contributed by atoms with E-state index in [-0.39, 0.29) is 10.5 Å². The Bertz CT molecular complexity index is 545. The molecule has 20 heavy (non-hydrogen) atoms. The zero-order valence-electron chi connectivity index (χ0n) is 11.0. The standard InChI is InChI=1S/C13H18BrNO4S/c14-9-5-1-2-6-10-15-20(18,19)12-8-4-3-7-11(12)13(16)17/h3-4,7-8,15H,1-2,5-6,9-10H2,(H,16,17). The number of carboxylic acids is 1. The Kier molecular flexibility index (Phi) is 7.18. The lowest BCUT2D eigenvalue weighted by atomic mass is 10.2. The number of sulfonamides is 1.